The molecule has 0 saturated carbocycles. The molecule has 0 aromatic rings. The van der Waals surface area contributed by atoms with Gasteiger partial charge in [-0.1, -0.05) is 195 Å². The maximum Gasteiger partial charge on any atom is -0.0101 e. The van der Waals surface area contributed by atoms with Crippen molar-refractivity contribution in [3.8, 4) is 0 Å². The fraction of sp³-hybridized carbons (Fsp3) is 0.532. The highest BCUT2D eigenvalue weighted by Gasteiger charge is 2.30. The van der Waals surface area contributed by atoms with Crippen molar-refractivity contribution in [3.63, 3.8) is 0 Å². The summed E-state index contributed by atoms with van der Waals surface area (Å²) in [6.07, 6.45) is 37.1. The topological polar surface area (TPSA) is 0 Å². The summed E-state index contributed by atoms with van der Waals surface area (Å²) in [5.41, 5.74) is 11.7. The van der Waals surface area contributed by atoms with E-state index in [9.17, 15) is 0 Å². The van der Waals surface area contributed by atoms with Gasteiger partial charge in [0.2, 0.25) is 0 Å². The molecule has 0 nitrogen and oxygen atoms in total. The van der Waals surface area contributed by atoms with Crippen LogP contribution in [0.5, 0.6) is 0 Å². The van der Waals surface area contributed by atoms with Gasteiger partial charge in [0.25, 0.3) is 0 Å². The zero-order valence-electron chi connectivity index (χ0n) is 34.2. The Morgan fingerprint density at radius 1 is 0.553 bits per heavy atom. The molecule has 0 aromatic heterocycles. The van der Waals surface area contributed by atoms with Crippen molar-refractivity contribution >= 4 is 0 Å². The quantitative estimate of drug-likeness (QED) is 0.208. The van der Waals surface area contributed by atoms with E-state index in [1.54, 1.807) is 11.1 Å². The lowest BCUT2D eigenvalue weighted by molar-refractivity contribution is 0.307. The first-order valence-electron chi connectivity index (χ1n) is 18.7. The molecule has 0 heterocycles. The summed E-state index contributed by atoms with van der Waals surface area (Å²) in [6.45, 7) is 37.1. The van der Waals surface area contributed by atoms with Gasteiger partial charge in [-0.05, 0) is 102 Å². The summed E-state index contributed by atoms with van der Waals surface area (Å²) in [5, 5.41) is 0. The maximum atomic E-state index is 2.38. The van der Waals surface area contributed by atoms with E-state index in [-0.39, 0.29) is 5.41 Å². The van der Waals surface area contributed by atoms with E-state index in [0.717, 1.165) is 5.92 Å². The van der Waals surface area contributed by atoms with Crippen LogP contribution in [0.1, 0.15) is 150 Å². The molecule has 0 amide bonds. The molecule has 0 radical (unpaired) electrons. The summed E-state index contributed by atoms with van der Waals surface area (Å²) in [7, 11) is 0. The first-order chi connectivity index (χ1) is 22.2. The first kappa shape index (κ1) is 46.3. The van der Waals surface area contributed by atoms with Gasteiger partial charge in [-0.3, -0.25) is 0 Å². The van der Waals surface area contributed by atoms with Crippen LogP contribution in [0.2, 0.25) is 0 Å². The molecule has 0 spiro atoms. The van der Waals surface area contributed by atoms with Crippen molar-refractivity contribution in [3.05, 3.63) is 130 Å². The van der Waals surface area contributed by atoms with Gasteiger partial charge < -0.3 is 0 Å². The van der Waals surface area contributed by atoms with E-state index in [2.05, 4.69) is 161 Å². The molecule has 0 fully saturated rings. The third-order valence-electron chi connectivity index (χ3n) is 8.54. The fourth-order valence-corrected chi connectivity index (χ4v) is 6.41. The minimum absolute atomic E-state index is 0.263. The van der Waals surface area contributed by atoms with E-state index < -0.39 is 0 Å². The summed E-state index contributed by atoms with van der Waals surface area (Å²) in [6, 6.07) is 0. The van der Waals surface area contributed by atoms with E-state index in [1.807, 2.05) is 41.5 Å². The molecule has 264 valence electrons. The lowest BCUT2D eigenvalue weighted by Gasteiger charge is -2.36. The Kier molecular flexibility index (Phi) is 24.8. The largest absolute Gasteiger partial charge is 0.0696 e. The van der Waals surface area contributed by atoms with E-state index >= 15 is 0 Å². The van der Waals surface area contributed by atoms with Gasteiger partial charge in [0, 0.05) is 0 Å². The molecule has 2 aliphatic rings. The van der Waals surface area contributed by atoms with Crippen molar-refractivity contribution in [2.75, 3.05) is 0 Å². The molecule has 2 aliphatic carbocycles. The normalized spacial score (nSPS) is 20.9. The van der Waals surface area contributed by atoms with Crippen molar-refractivity contribution in [1.29, 1.82) is 0 Å². The minimum Gasteiger partial charge on any atom is -0.0696 e. The van der Waals surface area contributed by atoms with Gasteiger partial charge in [0.1, 0.15) is 0 Å². The molecule has 0 heteroatoms. The van der Waals surface area contributed by atoms with E-state index in [0.29, 0.717) is 5.41 Å². The predicted octanol–water partition coefficient (Wildman–Crippen LogP) is 15.9. The Morgan fingerprint density at radius 2 is 0.936 bits per heavy atom. The Bertz CT molecular complexity index is 1240. The van der Waals surface area contributed by atoms with Crippen LogP contribution in [0.3, 0.4) is 0 Å². The summed E-state index contributed by atoms with van der Waals surface area (Å²) >= 11 is 0. The van der Waals surface area contributed by atoms with Crippen LogP contribution >= 0.6 is 0 Å². The zero-order chi connectivity index (χ0) is 36.6. The molecule has 0 bridgehead atoms. The van der Waals surface area contributed by atoms with E-state index in [4.69, 9.17) is 0 Å². The molecule has 0 aromatic carbocycles. The van der Waals surface area contributed by atoms with Crippen LogP contribution in [0, 0.1) is 16.7 Å². The van der Waals surface area contributed by atoms with Crippen LogP contribution in [0.4, 0.5) is 0 Å². The third-order valence-corrected chi connectivity index (χ3v) is 8.54. The van der Waals surface area contributed by atoms with Crippen LogP contribution in [0.15, 0.2) is 130 Å². The lowest BCUT2D eigenvalue weighted by atomic mass is 9.69. The third kappa shape index (κ3) is 18.9. The zero-order valence-corrected chi connectivity index (χ0v) is 34.2. The highest BCUT2D eigenvalue weighted by molar-refractivity contribution is 5.39. The summed E-state index contributed by atoms with van der Waals surface area (Å²) in [4.78, 5) is 0. The second-order valence-corrected chi connectivity index (χ2v) is 13.9. The molecule has 0 N–H and O–H groups in total. The van der Waals surface area contributed by atoms with Crippen LogP contribution < -0.4 is 0 Å². The second kappa shape index (κ2) is 25.2. The van der Waals surface area contributed by atoms with Crippen molar-refractivity contribution < 1.29 is 0 Å². The molecule has 1 atom stereocenters. The fourth-order valence-electron chi connectivity index (χ4n) is 6.41. The minimum atomic E-state index is 0.263. The molecule has 2 rings (SSSR count). The first-order valence-corrected chi connectivity index (χ1v) is 18.7. The standard InChI is InChI=1S/C41H58.3C2H6/c1-31(19-14-21-33(3)24-26-38-36(6)23-16-28-40(38,8)9)17-12-13-18-32(2)20-15-22-34(4)25-27-39-37(7)29-35(5)30-41(39,10)11;3*1-2/h12-15,17-22,24-27,35H,16,23,28-30H2,1-11H3;3*1-2H3/b13-12+,19-14+,20-15+,26-24+,27-25+,31-17+,32-18+,33-21+,34-22+;;;. The lowest BCUT2D eigenvalue weighted by Crippen LogP contribution is -2.23. The summed E-state index contributed by atoms with van der Waals surface area (Å²) < 4.78 is 0. The number of hydrogen-bond acceptors (Lipinski definition) is 0. The number of hydrogen-bond donors (Lipinski definition) is 0. The Morgan fingerprint density at radius 3 is 1.34 bits per heavy atom. The maximum absolute atomic E-state index is 2.38. The van der Waals surface area contributed by atoms with Crippen molar-refractivity contribution in [1.82, 2.24) is 0 Å². The molecule has 0 saturated heterocycles. The second-order valence-electron chi connectivity index (χ2n) is 13.9. The Hall–Kier alpha value is -2.86. The van der Waals surface area contributed by atoms with Crippen LogP contribution in [-0.4, -0.2) is 0 Å². The molecule has 0 aliphatic heterocycles. The highest BCUT2D eigenvalue weighted by Crippen LogP contribution is 2.43. The van der Waals surface area contributed by atoms with Crippen molar-refractivity contribution in [2.45, 2.75) is 150 Å². The van der Waals surface area contributed by atoms with E-state index in [1.165, 1.54) is 65.5 Å². The predicted molar refractivity (Wildman–Crippen MR) is 220 cm³/mol. The monoisotopic (exact) mass is 641 g/mol. The summed E-state index contributed by atoms with van der Waals surface area (Å²) in [5.74, 6) is 0.780. The number of rotatable bonds is 10. The smallest absolute Gasteiger partial charge is 0.0101 e. The van der Waals surface area contributed by atoms with Crippen LogP contribution in [-0.2, 0) is 0 Å². The van der Waals surface area contributed by atoms with Crippen LogP contribution in [0.25, 0.3) is 0 Å². The highest BCUT2D eigenvalue weighted by atomic mass is 14.3. The van der Waals surface area contributed by atoms with Gasteiger partial charge in [0.15, 0.2) is 0 Å². The van der Waals surface area contributed by atoms with Crippen molar-refractivity contribution in [2.24, 2.45) is 16.7 Å². The molecular weight excluding hydrogens is 565 g/mol. The average Bonchev–Trinajstić information content (AvgIpc) is 3.01. The van der Waals surface area contributed by atoms with Gasteiger partial charge in [-0.25, -0.2) is 0 Å². The molecule has 47 heavy (non-hydrogen) atoms. The Labute approximate surface area is 295 Å². The van der Waals surface area contributed by atoms with Gasteiger partial charge in [-0.2, -0.15) is 0 Å². The number of allylic oxidation sites excluding steroid dienone is 22. The molecule has 1 unspecified atom stereocenters. The van der Waals surface area contributed by atoms with Gasteiger partial charge >= 0.3 is 0 Å². The van der Waals surface area contributed by atoms with Gasteiger partial charge in [0.05, 0.1) is 0 Å². The SMILES string of the molecule is CC.CC.CC.CC1=C(/C=C/C(C)=C/C=C/C(C)=C/C=C/C=C(C)/C=C/C=C(C)/C=C/C2=C(C)CC(C)CC2(C)C)C(C)(C)CCC1. The average molecular weight is 641 g/mol. The van der Waals surface area contributed by atoms with Gasteiger partial charge in [-0.15, -0.1) is 0 Å². The molecular formula is C47H76. The Balaban J connectivity index is 0.